The molecule has 1 amide bonds. The van der Waals surface area contributed by atoms with E-state index in [4.69, 9.17) is 0 Å². The Bertz CT molecular complexity index is 1750. The van der Waals surface area contributed by atoms with Crippen molar-refractivity contribution in [2.24, 2.45) is 0 Å². The number of rotatable bonds is 8. The van der Waals surface area contributed by atoms with E-state index in [1.165, 1.54) is 18.5 Å². The number of aryl methyl sites for hydroxylation is 2. The van der Waals surface area contributed by atoms with Gasteiger partial charge < -0.3 is 14.2 Å². The molecule has 0 aliphatic rings. The van der Waals surface area contributed by atoms with Gasteiger partial charge in [0.05, 0.1) is 29.7 Å². The molecule has 0 fully saturated rings. The van der Waals surface area contributed by atoms with Crippen molar-refractivity contribution in [2.45, 2.75) is 26.8 Å². The van der Waals surface area contributed by atoms with E-state index >= 15 is 0 Å². The van der Waals surface area contributed by atoms with Crippen LogP contribution >= 0.6 is 0 Å². The SMILES string of the molecule is CCc1nc2c(C)cc(C(=O)O)nc2n1Cc1ccc(-c2ccncc2N(C(=O)c2ccccc2)S(=O)[O-])cc1. The van der Waals surface area contributed by atoms with E-state index in [1.54, 1.807) is 36.4 Å². The molecule has 10 nitrogen and oxygen atoms in total. The fourth-order valence-corrected chi connectivity index (χ4v) is 5.10. The maximum Gasteiger partial charge on any atom is 0.354 e. The van der Waals surface area contributed by atoms with Crippen molar-refractivity contribution in [3.63, 3.8) is 0 Å². The second kappa shape index (κ2) is 11.2. The summed E-state index contributed by atoms with van der Waals surface area (Å²) < 4.78 is 27.0. The molecule has 0 radical (unpaired) electrons. The molecule has 3 aromatic heterocycles. The Balaban J connectivity index is 1.50. The van der Waals surface area contributed by atoms with E-state index in [1.807, 2.05) is 42.7 Å². The average molecular weight is 555 g/mol. The molecule has 3 heterocycles. The molecule has 0 spiro atoms. The van der Waals surface area contributed by atoms with E-state index in [2.05, 4.69) is 15.0 Å². The lowest BCUT2D eigenvalue weighted by atomic mass is 10.0. The normalized spacial score (nSPS) is 11.9. The van der Waals surface area contributed by atoms with Crippen LogP contribution in [-0.4, -0.2) is 45.3 Å². The molecule has 2 aromatic carbocycles. The zero-order valence-corrected chi connectivity index (χ0v) is 22.5. The quantitative estimate of drug-likeness (QED) is 0.275. The number of carbonyl (C=O) groups is 2. The number of benzene rings is 2. The number of carboxylic acids is 1. The molecule has 11 heteroatoms. The largest absolute Gasteiger partial charge is 0.755 e. The molecule has 202 valence electrons. The van der Waals surface area contributed by atoms with Crippen molar-refractivity contribution < 1.29 is 23.5 Å². The summed E-state index contributed by atoms with van der Waals surface area (Å²) in [5, 5.41) is 9.49. The number of fused-ring (bicyclic) bond motifs is 1. The van der Waals surface area contributed by atoms with E-state index in [0.717, 1.165) is 17.0 Å². The highest BCUT2D eigenvalue weighted by Crippen LogP contribution is 2.32. The molecule has 0 aliphatic carbocycles. The Morgan fingerprint density at radius 1 is 1.05 bits per heavy atom. The number of carboxylic acid groups (broad SMARTS) is 1. The summed E-state index contributed by atoms with van der Waals surface area (Å²) in [6.45, 7) is 4.19. The van der Waals surface area contributed by atoms with Crippen LogP contribution in [0.15, 0.2) is 79.1 Å². The highest BCUT2D eigenvalue weighted by atomic mass is 32.2. The number of anilines is 1. The molecule has 0 aliphatic heterocycles. The van der Waals surface area contributed by atoms with Gasteiger partial charge in [0.2, 0.25) is 0 Å². The smallest absolute Gasteiger partial charge is 0.354 e. The maximum absolute atomic E-state index is 13.1. The van der Waals surface area contributed by atoms with Crippen LogP contribution in [0, 0.1) is 6.92 Å². The average Bonchev–Trinajstić information content (AvgIpc) is 3.32. The van der Waals surface area contributed by atoms with Gasteiger partial charge in [-0.05, 0) is 47.9 Å². The molecule has 1 unspecified atom stereocenters. The van der Waals surface area contributed by atoms with Crippen molar-refractivity contribution in [2.75, 3.05) is 4.31 Å². The summed E-state index contributed by atoms with van der Waals surface area (Å²) in [5.74, 6) is -1.02. The van der Waals surface area contributed by atoms with Crippen molar-refractivity contribution in [1.82, 2.24) is 19.5 Å². The van der Waals surface area contributed by atoms with Gasteiger partial charge in [-0.1, -0.05) is 49.4 Å². The van der Waals surface area contributed by atoms with Gasteiger partial charge in [0, 0.05) is 23.7 Å². The number of imidazole rings is 1. The van der Waals surface area contributed by atoms with Gasteiger partial charge in [-0.2, -0.15) is 0 Å². The minimum absolute atomic E-state index is 0.0419. The second-order valence-electron chi connectivity index (χ2n) is 9.04. The van der Waals surface area contributed by atoms with Crippen LogP contribution in [0.3, 0.4) is 0 Å². The fourth-order valence-electron chi connectivity index (χ4n) is 4.55. The summed E-state index contributed by atoms with van der Waals surface area (Å²) in [6, 6.07) is 18.8. The monoisotopic (exact) mass is 554 g/mol. The number of nitrogens with zero attached hydrogens (tertiary/aromatic N) is 5. The van der Waals surface area contributed by atoms with Crippen LogP contribution in [0.5, 0.6) is 0 Å². The summed E-state index contributed by atoms with van der Waals surface area (Å²) in [7, 11) is 0. The molecule has 0 saturated heterocycles. The first kappa shape index (κ1) is 26.9. The van der Waals surface area contributed by atoms with Crippen LogP contribution in [0.2, 0.25) is 0 Å². The minimum Gasteiger partial charge on any atom is -0.755 e. The molecule has 1 atom stereocenters. The highest BCUT2D eigenvalue weighted by molar-refractivity contribution is 7.81. The van der Waals surface area contributed by atoms with E-state index in [9.17, 15) is 23.5 Å². The molecular weight excluding hydrogens is 530 g/mol. The predicted octanol–water partition coefficient (Wildman–Crippen LogP) is 4.55. The minimum atomic E-state index is -2.89. The standard InChI is InChI=1S/C29H25N5O5S/c1-3-25-32-26-18(2)15-23(29(36)37)31-27(26)33(25)17-19-9-11-20(12-10-19)22-13-14-30-16-24(22)34(40(38)39)28(35)21-7-5-4-6-8-21/h4-16H,3,17H2,1-2H3,(H,36,37)(H,38,39)/p-1. The van der Waals surface area contributed by atoms with Gasteiger partial charge in [0.25, 0.3) is 5.91 Å². The van der Waals surface area contributed by atoms with Crippen molar-refractivity contribution >= 4 is 40.0 Å². The Morgan fingerprint density at radius 2 is 1.77 bits per heavy atom. The number of aromatic nitrogens is 4. The third-order valence-corrected chi connectivity index (χ3v) is 7.15. The van der Waals surface area contributed by atoms with Gasteiger partial charge in [0.15, 0.2) is 11.3 Å². The van der Waals surface area contributed by atoms with Crippen LogP contribution in [-0.2, 0) is 24.2 Å². The van der Waals surface area contributed by atoms with Gasteiger partial charge in [0.1, 0.15) is 11.3 Å². The van der Waals surface area contributed by atoms with Gasteiger partial charge in [-0.15, -0.1) is 0 Å². The number of hydrogen-bond donors (Lipinski definition) is 1. The summed E-state index contributed by atoms with van der Waals surface area (Å²) in [4.78, 5) is 37.8. The molecule has 5 rings (SSSR count). The number of carbonyl (C=O) groups excluding carboxylic acids is 1. The van der Waals surface area contributed by atoms with Gasteiger partial charge in [-0.25, -0.2) is 19.1 Å². The zero-order valence-electron chi connectivity index (χ0n) is 21.6. The fraction of sp³-hybridized carbons (Fsp3) is 0.138. The van der Waals surface area contributed by atoms with Crippen LogP contribution in [0.1, 0.15) is 44.7 Å². The first-order chi connectivity index (χ1) is 19.3. The van der Waals surface area contributed by atoms with Crippen molar-refractivity contribution in [3.8, 4) is 11.1 Å². The number of aromatic carboxylic acids is 1. The summed E-state index contributed by atoms with van der Waals surface area (Å²) in [6.07, 6.45) is 3.51. The molecule has 0 saturated carbocycles. The van der Waals surface area contributed by atoms with E-state index in [0.29, 0.717) is 39.6 Å². The lowest BCUT2D eigenvalue weighted by molar-refractivity contribution is 0.0690. The summed E-state index contributed by atoms with van der Waals surface area (Å²) in [5.41, 5.74) is 4.32. The molecule has 0 bridgehead atoms. The number of pyridine rings is 2. The van der Waals surface area contributed by atoms with Crippen molar-refractivity contribution in [3.05, 3.63) is 107 Å². The first-order valence-corrected chi connectivity index (χ1v) is 13.4. The van der Waals surface area contributed by atoms with E-state index < -0.39 is 23.1 Å². The van der Waals surface area contributed by atoms with Crippen LogP contribution < -0.4 is 4.31 Å². The molecule has 1 N–H and O–H groups in total. The highest BCUT2D eigenvalue weighted by Gasteiger charge is 2.23. The third-order valence-electron chi connectivity index (χ3n) is 6.49. The maximum atomic E-state index is 13.1. The summed E-state index contributed by atoms with van der Waals surface area (Å²) >= 11 is -2.89. The Morgan fingerprint density at radius 3 is 2.42 bits per heavy atom. The Hall–Kier alpha value is -4.74. The number of amides is 1. The Kier molecular flexibility index (Phi) is 7.50. The second-order valence-corrected chi connectivity index (χ2v) is 9.84. The molecule has 5 aromatic rings. The van der Waals surface area contributed by atoms with E-state index in [-0.39, 0.29) is 16.9 Å². The predicted molar refractivity (Wildman–Crippen MR) is 150 cm³/mol. The third kappa shape index (κ3) is 5.12. The van der Waals surface area contributed by atoms with Crippen molar-refractivity contribution in [1.29, 1.82) is 0 Å². The molecular formula is C29H24N5O5S-. The Labute approximate surface area is 232 Å². The zero-order chi connectivity index (χ0) is 28.4. The van der Waals surface area contributed by atoms with Gasteiger partial charge >= 0.3 is 5.97 Å². The lowest BCUT2D eigenvalue weighted by Gasteiger charge is -2.26. The van der Waals surface area contributed by atoms with Crippen LogP contribution in [0.25, 0.3) is 22.3 Å². The lowest BCUT2D eigenvalue weighted by Crippen LogP contribution is -2.33. The first-order valence-electron chi connectivity index (χ1n) is 12.4. The van der Waals surface area contributed by atoms with Gasteiger partial charge in [-0.3, -0.25) is 14.0 Å². The molecule has 40 heavy (non-hydrogen) atoms. The topological polar surface area (TPSA) is 141 Å². The van der Waals surface area contributed by atoms with Crippen LogP contribution in [0.4, 0.5) is 5.69 Å². The number of hydrogen-bond acceptors (Lipinski definition) is 7.